The van der Waals surface area contributed by atoms with Crippen molar-refractivity contribution in [2.75, 3.05) is 38.2 Å². The molecule has 2 amide bonds. The molecule has 3 aliphatic rings. The van der Waals surface area contributed by atoms with E-state index in [0.29, 0.717) is 18.9 Å². The minimum absolute atomic E-state index is 0.00998. The number of amides is 2. The topological polar surface area (TPSA) is 112 Å². The SMILES string of the molecule is COC(=O)CC(NC(=O)[C@@H]1CCCN(CCCc2ccc3c(n2)N(C(=O)O)CCC3)C1)c1ccc2c(c1)CCC2. The van der Waals surface area contributed by atoms with Crippen molar-refractivity contribution in [2.45, 2.75) is 70.3 Å². The van der Waals surface area contributed by atoms with Crippen molar-refractivity contribution in [1.82, 2.24) is 15.2 Å². The Hall–Kier alpha value is -3.46. The normalized spacial score (nSPS) is 19.4. The maximum absolute atomic E-state index is 13.4. The van der Waals surface area contributed by atoms with Gasteiger partial charge in [0.15, 0.2) is 0 Å². The molecule has 9 heteroatoms. The Labute approximate surface area is 235 Å². The molecular formula is C31H40N4O5. The van der Waals surface area contributed by atoms with Crippen LogP contribution in [0.3, 0.4) is 0 Å². The lowest BCUT2D eigenvalue weighted by molar-refractivity contribution is -0.141. The number of fused-ring (bicyclic) bond motifs is 2. The van der Waals surface area contributed by atoms with Gasteiger partial charge in [0.1, 0.15) is 5.82 Å². The maximum Gasteiger partial charge on any atom is 0.413 e. The van der Waals surface area contributed by atoms with E-state index >= 15 is 0 Å². The fourth-order valence-corrected chi connectivity index (χ4v) is 6.36. The number of ether oxygens (including phenoxy) is 1. The lowest BCUT2D eigenvalue weighted by atomic mass is 9.94. The molecule has 1 aliphatic carbocycles. The van der Waals surface area contributed by atoms with E-state index in [-0.39, 0.29) is 24.2 Å². The first kappa shape index (κ1) is 28.1. The number of carbonyl (C=O) groups excluding carboxylic acids is 2. The van der Waals surface area contributed by atoms with Crippen molar-refractivity contribution in [1.29, 1.82) is 0 Å². The average Bonchev–Trinajstić information content (AvgIpc) is 3.44. The largest absolute Gasteiger partial charge is 0.469 e. The number of hydrogen-bond donors (Lipinski definition) is 2. The molecule has 1 aromatic carbocycles. The number of anilines is 1. The summed E-state index contributed by atoms with van der Waals surface area (Å²) in [6.45, 7) is 2.97. The highest BCUT2D eigenvalue weighted by atomic mass is 16.5. The summed E-state index contributed by atoms with van der Waals surface area (Å²) in [4.78, 5) is 45.6. The molecule has 0 radical (unpaired) electrons. The molecule has 9 nitrogen and oxygen atoms in total. The molecule has 2 aromatic rings. The number of rotatable bonds is 9. The van der Waals surface area contributed by atoms with Crippen molar-refractivity contribution in [2.24, 2.45) is 5.92 Å². The van der Waals surface area contributed by atoms with E-state index in [9.17, 15) is 19.5 Å². The lowest BCUT2D eigenvalue weighted by Gasteiger charge is -2.33. The third-order valence-electron chi connectivity index (χ3n) is 8.55. The van der Waals surface area contributed by atoms with Gasteiger partial charge in [-0.25, -0.2) is 9.78 Å². The van der Waals surface area contributed by atoms with Crippen molar-refractivity contribution in [3.05, 3.63) is 58.3 Å². The second-order valence-electron chi connectivity index (χ2n) is 11.3. The summed E-state index contributed by atoms with van der Waals surface area (Å²) in [7, 11) is 1.38. The summed E-state index contributed by atoms with van der Waals surface area (Å²) in [5.74, 6) is 0.104. The Morgan fingerprint density at radius 3 is 2.67 bits per heavy atom. The highest BCUT2D eigenvalue weighted by molar-refractivity contribution is 5.86. The van der Waals surface area contributed by atoms with Crippen molar-refractivity contribution >= 4 is 23.8 Å². The molecule has 1 saturated heterocycles. The summed E-state index contributed by atoms with van der Waals surface area (Å²) < 4.78 is 4.93. The van der Waals surface area contributed by atoms with Gasteiger partial charge in [0.2, 0.25) is 5.91 Å². The first-order chi connectivity index (χ1) is 19.4. The number of methoxy groups -OCH3 is 1. The van der Waals surface area contributed by atoms with E-state index in [1.807, 2.05) is 18.2 Å². The summed E-state index contributed by atoms with van der Waals surface area (Å²) in [5, 5.41) is 12.7. The van der Waals surface area contributed by atoms with E-state index < -0.39 is 12.1 Å². The Kier molecular flexibility index (Phi) is 8.99. The van der Waals surface area contributed by atoms with Gasteiger partial charge in [0, 0.05) is 18.8 Å². The fraction of sp³-hybridized carbons (Fsp3) is 0.548. The quantitative estimate of drug-likeness (QED) is 0.455. The molecule has 40 heavy (non-hydrogen) atoms. The van der Waals surface area contributed by atoms with Gasteiger partial charge in [0.05, 0.1) is 25.5 Å². The van der Waals surface area contributed by atoms with Crippen LogP contribution in [-0.4, -0.2) is 66.2 Å². The number of carboxylic acid groups (broad SMARTS) is 1. The number of hydrogen-bond acceptors (Lipinski definition) is 6. The number of carbonyl (C=O) groups is 3. The van der Waals surface area contributed by atoms with Crippen molar-refractivity contribution in [3.8, 4) is 0 Å². The van der Waals surface area contributed by atoms with Gasteiger partial charge in [-0.1, -0.05) is 24.3 Å². The molecule has 0 bridgehead atoms. The molecule has 2 N–H and O–H groups in total. The number of likely N-dealkylation sites (tertiary alicyclic amines) is 1. The van der Waals surface area contributed by atoms with Crippen LogP contribution in [0, 0.1) is 5.92 Å². The Bertz CT molecular complexity index is 1250. The zero-order valence-corrected chi connectivity index (χ0v) is 23.4. The van der Waals surface area contributed by atoms with Gasteiger partial charge >= 0.3 is 12.1 Å². The number of nitrogens with zero attached hydrogens (tertiary/aromatic N) is 3. The first-order valence-corrected chi connectivity index (χ1v) is 14.6. The van der Waals surface area contributed by atoms with Crippen molar-refractivity contribution < 1.29 is 24.2 Å². The molecule has 1 unspecified atom stereocenters. The summed E-state index contributed by atoms with van der Waals surface area (Å²) >= 11 is 0. The summed E-state index contributed by atoms with van der Waals surface area (Å²) in [6, 6.07) is 9.94. The second kappa shape index (κ2) is 12.8. The molecule has 5 rings (SSSR count). The van der Waals surface area contributed by atoms with Crippen LogP contribution in [0.2, 0.25) is 0 Å². The van der Waals surface area contributed by atoms with E-state index in [1.54, 1.807) is 0 Å². The van der Waals surface area contributed by atoms with Gasteiger partial charge in [-0.15, -0.1) is 0 Å². The van der Waals surface area contributed by atoms with Crippen LogP contribution in [0.25, 0.3) is 0 Å². The van der Waals surface area contributed by atoms with Crippen molar-refractivity contribution in [3.63, 3.8) is 0 Å². The fourth-order valence-electron chi connectivity index (χ4n) is 6.36. The van der Waals surface area contributed by atoms with Crippen LogP contribution in [0.4, 0.5) is 10.6 Å². The molecule has 2 aliphatic heterocycles. The van der Waals surface area contributed by atoms with Gasteiger partial charge in [-0.3, -0.25) is 14.5 Å². The molecular weight excluding hydrogens is 508 g/mol. The zero-order chi connectivity index (χ0) is 28.1. The molecule has 1 aromatic heterocycles. The van der Waals surface area contributed by atoms with E-state index in [0.717, 1.165) is 87.7 Å². The van der Waals surface area contributed by atoms with Gasteiger partial charge in [-0.05, 0) is 99.2 Å². The number of aryl methyl sites for hydroxylation is 4. The van der Waals surface area contributed by atoms with E-state index in [4.69, 9.17) is 4.74 Å². The molecule has 214 valence electrons. The standard InChI is InChI=1S/C31H40N4O5/c1-40-28(36)19-27(24-12-11-21-6-2-7-23(21)18-24)33-30(37)25-9-3-15-34(20-25)16-5-10-26-14-13-22-8-4-17-35(31(38)39)29(22)32-26/h11-14,18,25,27H,2-10,15-17,19-20H2,1H3,(H,33,37)(H,38,39)/t25-,27?/m1/s1. The van der Waals surface area contributed by atoms with Gasteiger partial charge in [-0.2, -0.15) is 0 Å². The smallest absolute Gasteiger partial charge is 0.413 e. The van der Waals surface area contributed by atoms with Crippen LogP contribution in [0.5, 0.6) is 0 Å². The zero-order valence-electron chi connectivity index (χ0n) is 23.4. The minimum atomic E-state index is -0.951. The third-order valence-corrected chi connectivity index (χ3v) is 8.55. The lowest BCUT2D eigenvalue weighted by Crippen LogP contribution is -2.44. The number of benzene rings is 1. The second-order valence-corrected chi connectivity index (χ2v) is 11.3. The van der Waals surface area contributed by atoms with E-state index in [2.05, 4.69) is 27.3 Å². The van der Waals surface area contributed by atoms with Crippen LogP contribution in [-0.2, 0) is 40.0 Å². The molecule has 2 atom stereocenters. The Morgan fingerprint density at radius 2 is 1.85 bits per heavy atom. The highest BCUT2D eigenvalue weighted by Crippen LogP contribution is 2.28. The highest BCUT2D eigenvalue weighted by Gasteiger charge is 2.29. The number of pyridine rings is 1. The van der Waals surface area contributed by atoms with Gasteiger partial charge < -0.3 is 20.1 Å². The monoisotopic (exact) mass is 548 g/mol. The minimum Gasteiger partial charge on any atom is -0.469 e. The number of piperidine rings is 1. The summed E-state index contributed by atoms with van der Waals surface area (Å²) in [5.41, 5.74) is 5.53. The Balaban J connectivity index is 1.16. The molecule has 0 saturated carbocycles. The van der Waals surface area contributed by atoms with Crippen LogP contribution in [0.15, 0.2) is 30.3 Å². The maximum atomic E-state index is 13.4. The number of aromatic nitrogens is 1. The van der Waals surface area contributed by atoms with Crippen LogP contribution >= 0.6 is 0 Å². The first-order valence-electron chi connectivity index (χ1n) is 14.6. The van der Waals surface area contributed by atoms with E-state index in [1.165, 1.54) is 23.1 Å². The summed E-state index contributed by atoms with van der Waals surface area (Å²) in [6.07, 6.45) is 7.53. The van der Waals surface area contributed by atoms with Gasteiger partial charge in [0.25, 0.3) is 0 Å². The predicted molar refractivity (Wildman–Crippen MR) is 151 cm³/mol. The molecule has 1 fully saturated rings. The van der Waals surface area contributed by atoms with Crippen LogP contribution in [0.1, 0.15) is 72.5 Å². The molecule has 3 heterocycles. The third kappa shape index (κ3) is 6.63. The molecule has 0 spiro atoms. The predicted octanol–water partition coefficient (Wildman–Crippen LogP) is 4.07. The number of nitrogens with one attached hydrogen (secondary N) is 1. The Morgan fingerprint density at radius 1 is 1.05 bits per heavy atom. The average molecular weight is 549 g/mol. The number of esters is 1. The van der Waals surface area contributed by atoms with Crippen LogP contribution < -0.4 is 10.2 Å².